The van der Waals surface area contributed by atoms with Gasteiger partial charge in [-0.1, -0.05) is 29.0 Å². The first-order valence-corrected chi connectivity index (χ1v) is 7.47. The van der Waals surface area contributed by atoms with E-state index in [1.54, 1.807) is 0 Å². The van der Waals surface area contributed by atoms with Gasteiger partial charge >= 0.3 is 0 Å². The van der Waals surface area contributed by atoms with Crippen LogP contribution in [0.15, 0.2) is 0 Å². The van der Waals surface area contributed by atoms with Gasteiger partial charge in [0.1, 0.15) is 0 Å². The van der Waals surface area contributed by atoms with Crippen LogP contribution in [-0.2, 0) is 0 Å². The Morgan fingerprint density at radius 1 is 1.08 bits per heavy atom. The SMILES string of the molecule is ICCCCCN1CCSCC1. The summed E-state index contributed by atoms with van der Waals surface area (Å²) in [6.45, 7) is 4.00. The van der Waals surface area contributed by atoms with Gasteiger partial charge in [0.05, 0.1) is 0 Å². The average Bonchev–Trinajstić information content (AvgIpc) is 2.14. The summed E-state index contributed by atoms with van der Waals surface area (Å²) >= 11 is 4.56. The minimum absolute atomic E-state index is 1.33. The standard InChI is InChI=1S/C9H18INS/c10-4-2-1-3-5-11-6-8-12-9-7-11/h1-9H2. The maximum Gasteiger partial charge on any atom is 0.00727 e. The molecule has 0 amide bonds. The van der Waals surface area contributed by atoms with E-state index >= 15 is 0 Å². The lowest BCUT2D eigenvalue weighted by molar-refractivity contribution is 0.295. The minimum atomic E-state index is 1.33. The highest BCUT2D eigenvalue weighted by molar-refractivity contribution is 14.1. The molecular weight excluding hydrogens is 281 g/mol. The van der Waals surface area contributed by atoms with Gasteiger partial charge in [-0.3, -0.25) is 0 Å². The lowest BCUT2D eigenvalue weighted by atomic mass is 10.2. The molecule has 1 aliphatic heterocycles. The fourth-order valence-electron chi connectivity index (χ4n) is 1.43. The van der Waals surface area contributed by atoms with Crippen LogP contribution in [0.1, 0.15) is 19.3 Å². The van der Waals surface area contributed by atoms with Crippen LogP contribution in [0.4, 0.5) is 0 Å². The number of hydrogen-bond acceptors (Lipinski definition) is 2. The van der Waals surface area contributed by atoms with Crippen molar-refractivity contribution < 1.29 is 0 Å². The Balaban J connectivity index is 1.91. The summed E-state index contributed by atoms with van der Waals surface area (Å²) in [4.78, 5) is 2.61. The summed E-state index contributed by atoms with van der Waals surface area (Å²) in [6, 6.07) is 0. The highest BCUT2D eigenvalue weighted by Crippen LogP contribution is 2.10. The van der Waals surface area contributed by atoms with Crippen LogP contribution in [0.25, 0.3) is 0 Å². The van der Waals surface area contributed by atoms with Crippen molar-refractivity contribution in [3.8, 4) is 0 Å². The molecule has 1 heterocycles. The molecule has 0 aromatic heterocycles. The molecule has 1 aliphatic rings. The Labute approximate surface area is 93.8 Å². The highest BCUT2D eigenvalue weighted by atomic mass is 127. The van der Waals surface area contributed by atoms with Crippen molar-refractivity contribution >= 4 is 34.4 Å². The molecule has 0 aromatic carbocycles. The van der Waals surface area contributed by atoms with Crippen molar-refractivity contribution in [3.63, 3.8) is 0 Å². The Bertz CT molecular complexity index is 105. The third-order valence-corrected chi connectivity index (χ3v) is 3.92. The number of thioether (sulfide) groups is 1. The van der Waals surface area contributed by atoms with Gasteiger partial charge in [0.25, 0.3) is 0 Å². The molecule has 1 saturated heterocycles. The van der Waals surface area contributed by atoms with Crippen LogP contribution >= 0.6 is 34.4 Å². The molecule has 0 aliphatic carbocycles. The number of alkyl halides is 1. The predicted molar refractivity (Wildman–Crippen MR) is 66.5 cm³/mol. The van der Waals surface area contributed by atoms with E-state index in [0.29, 0.717) is 0 Å². The number of nitrogens with zero attached hydrogens (tertiary/aromatic N) is 1. The maximum absolute atomic E-state index is 2.61. The molecular formula is C9H18INS. The van der Waals surface area contributed by atoms with Crippen LogP contribution in [0, 0.1) is 0 Å². The van der Waals surface area contributed by atoms with E-state index < -0.39 is 0 Å². The Kier molecular flexibility index (Phi) is 6.90. The monoisotopic (exact) mass is 299 g/mol. The number of halogens is 1. The molecule has 0 atom stereocenters. The summed E-state index contributed by atoms with van der Waals surface area (Å²) in [5.74, 6) is 2.71. The molecule has 3 heteroatoms. The Morgan fingerprint density at radius 3 is 2.50 bits per heavy atom. The predicted octanol–water partition coefficient (Wildman–Crippen LogP) is 2.64. The molecule has 1 fully saturated rings. The molecule has 0 saturated carbocycles. The first-order valence-electron chi connectivity index (χ1n) is 4.79. The third-order valence-electron chi connectivity index (χ3n) is 2.21. The summed E-state index contributed by atoms with van der Waals surface area (Å²) in [5.41, 5.74) is 0. The fraction of sp³-hybridized carbons (Fsp3) is 1.00. The van der Waals surface area contributed by atoms with Crippen molar-refractivity contribution in [2.45, 2.75) is 19.3 Å². The van der Waals surface area contributed by atoms with Gasteiger partial charge in [0.2, 0.25) is 0 Å². The topological polar surface area (TPSA) is 3.24 Å². The van der Waals surface area contributed by atoms with Crippen molar-refractivity contribution in [2.75, 3.05) is 35.6 Å². The second kappa shape index (κ2) is 7.44. The Morgan fingerprint density at radius 2 is 1.83 bits per heavy atom. The minimum Gasteiger partial charge on any atom is -0.302 e. The molecule has 0 spiro atoms. The molecule has 0 unspecified atom stereocenters. The highest BCUT2D eigenvalue weighted by Gasteiger charge is 2.08. The molecule has 1 nitrogen and oxygen atoms in total. The second-order valence-corrected chi connectivity index (χ2v) is 5.51. The molecule has 0 aromatic rings. The van der Waals surface area contributed by atoms with Crippen molar-refractivity contribution in [1.82, 2.24) is 4.90 Å². The molecule has 0 N–H and O–H groups in total. The van der Waals surface area contributed by atoms with E-state index in [9.17, 15) is 0 Å². The molecule has 12 heavy (non-hydrogen) atoms. The zero-order valence-corrected chi connectivity index (χ0v) is 10.6. The van der Waals surface area contributed by atoms with Crippen LogP contribution < -0.4 is 0 Å². The lowest BCUT2D eigenvalue weighted by Gasteiger charge is -2.25. The Hall–Kier alpha value is 1.04. The van der Waals surface area contributed by atoms with Gasteiger partial charge in [-0.15, -0.1) is 0 Å². The van der Waals surface area contributed by atoms with Crippen LogP contribution in [0.2, 0.25) is 0 Å². The zero-order valence-electron chi connectivity index (χ0n) is 7.60. The van der Waals surface area contributed by atoms with E-state index in [1.165, 1.54) is 54.8 Å². The largest absolute Gasteiger partial charge is 0.302 e. The summed E-state index contributed by atoms with van der Waals surface area (Å²) < 4.78 is 1.33. The van der Waals surface area contributed by atoms with Gasteiger partial charge in [-0.25, -0.2) is 0 Å². The van der Waals surface area contributed by atoms with E-state index in [2.05, 4.69) is 39.3 Å². The number of rotatable bonds is 5. The van der Waals surface area contributed by atoms with Crippen molar-refractivity contribution in [1.29, 1.82) is 0 Å². The normalized spacial score (nSPS) is 19.8. The summed E-state index contributed by atoms with van der Waals surface area (Å²) in [7, 11) is 0. The van der Waals surface area contributed by atoms with Crippen LogP contribution in [0.5, 0.6) is 0 Å². The number of hydrogen-bond donors (Lipinski definition) is 0. The maximum atomic E-state index is 2.61. The molecule has 1 rings (SSSR count). The molecule has 0 bridgehead atoms. The van der Waals surface area contributed by atoms with E-state index in [1.807, 2.05) is 0 Å². The second-order valence-electron chi connectivity index (χ2n) is 3.20. The van der Waals surface area contributed by atoms with Gasteiger partial charge in [-0.2, -0.15) is 11.8 Å². The first kappa shape index (κ1) is 11.1. The van der Waals surface area contributed by atoms with E-state index in [0.717, 1.165) is 0 Å². The first-order chi connectivity index (χ1) is 5.93. The number of unbranched alkanes of at least 4 members (excludes halogenated alkanes) is 2. The summed E-state index contributed by atoms with van der Waals surface area (Å²) in [6.07, 6.45) is 4.24. The smallest absolute Gasteiger partial charge is 0.00727 e. The summed E-state index contributed by atoms with van der Waals surface area (Å²) in [5, 5.41) is 0. The van der Waals surface area contributed by atoms with Gasteiger partial charge in [0, 0.05) is 24.6 Å². The molecule has 72 valence electrons. The van der Waals surface area contributed by atoms with Crippen molar-refractivity contribution in [3.05, 3.63) is 0 Å². The zero-order chi connectivity index (χ0) is 8.65. The van der Waals surface area contributed by atoms with E-state index in [4.69, 9.17) is 0 Å². The molecule has 0 radical (unpaired) electrons. The average molecular weight is 299 g/mol. The third kappa shape index (κ3) is 4.92. The quantitative estimate of drug-likeness (QED) is 0.436. The fourth-order valence-corrected chi connectivity index (χ4v) is 2.95. The van der Waals surface area contributed by atoms with E-state index in [-0.39, 0.29) is 0 Å². The van der Waals surface area contributed by atoms with Crippen molar-refractivity contribution in [2.24, 2.45) is 0 Å². The van der Waals surface area contributed by atoms with Crippen LogP contribution in [-0.4, -0.2) is 40.5 Å². The van der Waals surface area contributed by atoms with Gasteiger partial charge < -0.3 is 4.90 Å². The van der Waals surface area contributed by atoms with Gasteiger partial charge in [0.15, 0.2) is 0 Å². The van der Waals surface area contributed by atoms with Gasteiger partial charge in [-0.05, 0) is 23.8 Å². The lowest BCUT2D eigenvalue weighted by Crippen LogP contribution is -2.33. The van der Waals surface area contributed by atoms with Crippen LogP contribution in [0.3, 0.4) is 0 Å².